The van der Waals surface area contributed by atoms with E-state index in [9.17, 15) is 32.9 Å². The van der Waals surface area contributed by atoms with Crippen molar-refractivity contribution in [1.82, 2.24) is 0 Å². The minimum Gasteiger partial charge on any atom is -0.382 e. The van der Waals surface area contributed by atoms with Gasteiger partial charge in [-0.1, -0.05) is 20.8 Å². The Labute approximate surface area is 156 Å². The molecule has 0 N–H and O–H groups in total. The van der Waals surface area contributed by atoms with Crippen LogP contribution in [0.3, 0.4) is 0 Å². The maximum atomic E-state index is 12.9. The lowest BCUT2D eigenvalue weighted by molar-refractivity contribution is -0.385. The van der Waals surface area contributed by atoms with E-state index in [0.717, 1.165) is 24.5 Å². The van der Waals surface area contributed by atoms with Gasteiger partial charge in [0.15, 0.2) is 17.3 Å². The van der Waals surface area contributed by atoms with Gasteiger partial charge in [-0.15, -0.1) is 0 Å². The molecule has 0 aliphatic heterocycles. The quantitative estimate of drug-likeness (QED) is 0.241. The highest BCUT2D eigenvalue weighted by Crippen LogP contribution is 2.39. The average molecular weight is 397 g/mol. The number of benzene rings is 1. The van der Waals surface area contributed by atoms with E-state index in [2.05, 4.69) is 4.18 Å². The van der Waals surface area contributed by atoms with Crippen LogP contribution < -0.4 is 4.18 Å². The number of carbonyl (C=O) groups is 3. The lowest BCUT2D eigenvalue weighted by Gasteiger charge is -2.35. The molecule has 0 bridgehead atoms. The SMILES string of the molecule is CC1CC(C)(C)C(=O)C(C(=O)c2ccc(OS(C)(=O)=O)cc2[N+](=O)[O-])C1=O. The standard InChI is InChI=1S/C17H19NO8S/c1-9-8-17(2,3)16(21)13(14(9)19)15(20)11-6-5-10(26-27(4,24)25)7-12(11)18(22)23/h5-7,9,13H,8H2,1-4H3. The maximum absolute atomic E-state index is 12.9. The second-order valence-corrected chi connectivity index (χ2v) is 8.85. The number of carbonyl (C=O) groups excluding carboxylic acids is 3. The van der Waals surface area contributed by atoms with Crippen molar-refractivity contribution < 1.29 is 31.9 Å². The molecule has 146 valence electrons. The third-order valence-electron chi connectivity index (χ3n) is 4.46. The number of hydrogen-bond donors (Lipinski definition) is 0. The van der Waals surface area contributed by atoms with Gasteiger partial charge in [-0.25, -0.2) is 0 Å². The van der Waals surface area contributed by atoms with E-state index >= 15 is 0 Å². The van der Waals surface area contributed by atoms with Gasteiger partial charge in [-0.3, -0.25) is 24.5 Å². The summed E-state index contributed by atoms with van der Waals surface area (Å²) < 4.78 is 27.0. The van der Waals surface area contributed by atoms with Crippen molar-refractivity contribution in [2.24, 2.45) is 17.3 Å². The Kier molecular flexibility index (Phi) is 5.24. The van der Waals surface area contributed by atoms with Crippen LogP contribution in [0.1, 0.15) is 37.6 Å². The zero-order valence-electron chi connectivity index (χ0n) is 15.2. The summed E-state index contributed by atoms with van der Waals surface area (Å²) >= 11 is 0. The van der Waals surface area contributed by atoms with Crippen LogP contribution in [-0.4, -0.2) is 36.9 Å². The summed E-state index contributed by atoms with van der Waals surface area (Å²) in [5, 5.41) is 11.4. The highest BCUT2D eigenvalue weighted by atomic mass is 32.2. The molecule has 10 heteroatoms. The lowest BCUT2D eigenvalue weighted by Crippen LogP contribution is -2.48. The van der Waals surface area contributed by atoms with E-state index < -0.39 is 60.9 Å². The molecule has 9 nitrogen and oxygen atoms in total. The van der Waals surface area contributed by atoms with Crippen molar-refractivity contribution in [2.45, 2.75) is 27.2 Å². The highest BCUT2D eigenvalue weighted by Gasteiger charge is 2.50. The van der Waals surface area contributed by atoms with Crippen LogP contribution in [-0.2, 0) is 19.7 Å². The first kappa shape index (κ1) is 20.7. The monoisotopic (exact) mass is 397 g/mol. The third-order valence-corrected chi connectivity index (χ3v) is 4.95. The molecule has 0 spiro atoms. The molecule has 1 aliphatic rings. The number of ketones is 3. The van der Waals surface area contributed by atoms with Crippen molar-refractivity contribution in [1.29, 1.82) is 0 Å². The molecule has 0 heterocycles. The van der Waals surface area contributed by atoms with Gasteiger partial charge in [0.05, 0.1) is 22.8 Å². The van der Waals surface area contributed by atoms with Gasteiger partial charge in [0, 0.05) is 11.3 Å². The Hall–Kier alpha value is -2.62. The largest absolute Gasteiger partial charge is 0.382 e. The molecule has 1 aromatic carbocycles. The Morgan fingerprint density at radius 3 is 2.41 bits per heavy atom. The van der Waals surface area contributed by atoms with Gasteiger partial charge < -0.3 is 4.18 Å². The van der Waals surface area contributed by atoms with Crippen molar-refractivity contribution in [3.05, 3.63) is 33.9 Å². The van der Waals surface area contributed by atoms with Gasteiger partial charge in [0.2, 0.25) is 0 Å². The predicted octanol–water partition coefficient (Wildman–Crippen LogP) is 1.94. The minimum atomic E-state index is -3.93. The third kappa shape index (κ3) is 4.21. The fraction of sp³-hybridized carbons (Fsp3) is 0.471. The van der Waals surface area contributed by atoms with E-state index in [0.29, 0.717) is 0 Å². The van der Waals surface area contributed by atoms with Gasteiger partial charge in [0.1, 0.15) is 11.7 Å². The van der Waals surface area contributed by atoms with E-state index in [4.69, 9.17) is 0 Å². The molecule has 2 atom stereocenters. The number of Topliss-reactive ketones (excluding diaryl/α,β-unsaturated/α-hetero) is 3. The van der Waals surface area contributed by atoms with Gasteiger partial charge in [-0.05, 0) is 18.6 Å². The molecule has 1 aliphatic carbocycles. The molecule has 0 saturated heterocycles. The fourth-order valence-electron chi connectivity index (χ4n) is 3.27. The zero-order valence-corrected chi connectivity index (χ0v) is 16.0. The molecule has 27 heavy (non-hydrogen) atoms. The second-order valence-electron chi connectivity index (χ2n) is 7.28. The molecule has 1 aromatic rings. The first-order chi connectivity index (χ1) is 12.2. The van der Waals surface area contributed by atoms with Crippen LogP contribution in [0.15, 0.2) is 18.2 Å². The van der Waals surface area contributed by atoms with Gasteiger partial charge in [0.25, 0.3) is 5.69 Å². The molecule has 2 unspecified atom stereocenters. The molecular formula is C17H19NO8S. The first-order valence-corrected chi connectivity index (χ1v) is 9.86. The van der Waals surface area contributed by atoms with Crippen molar-refractivity contribution in [3.63, 3.8) is 0 Å². The smallest absolute Gasteiger partial charge is 0.306 e. The predicted molar refractivity (Wildman–Crippen MR) is 94.0 cm³/mol. The molecule has 2 rings (SSSR count). The van der Waals surface area contributed by atoms with Gasteiger partial charge >= 0.3 is 10.1 Å². The Morgan fingerprint density at radius 1 is 1.30 bits per heavy atom. The van der Waals surface area contributed by atoms with E-state index in [-0.39, 0.29) is 12.2 Å². The van der Waals surface area contributed by atoms with E-state index in [1.54, 1.807) is 20.8 Å². The highest BCUT2D eigenvalue weighted by molar-refractivity contribution is 7.86. The number of nitrogens with zero attached hydrogens (tertiary/aromatic N) is 1. The second kappa shape index (κ2) is 6.84. The average Bonchev–Trinajstić information content (AvgIpc) is 2.51. The van der Waals surface area contributed by atoms with E-state index in [1.165, 1.54) is 0 Å². The Balaban J connectivity index is 2.53. The van der Waals surface area contributed by atoms with Crippen LogP contribution in [0.2, 0.25) is 0 Å². The zero-order chi connectivity index (χ0) is 20.7. The maximum Gasteiger partial charge on any atom is 0.306 e. The van der Waals surface area contributed by atoms with Gasteiger partial charge in [-0.2, -0.15) is 8.42 Å². The summed E-state index contributed by atoms with van der Waals surface area (Å²) in [6.07, 6.45) is 1.05. The van der Waals surface area contributed by atoms with Crippen molar-refractivity contribution in [2.75, 3.05) is 6.26 Å². The first-order valence-electron chi connectivity index (χ1n) is 8.05. The Bertz CT molecular complexity index is 948. The fourth-order valence-corrected chi connectivity index (χ4v) is 3.73. The number of hydrogen-bond acceptors (Lipinski definition) is 8. The molecular weight excluding hydrogens is 378 g/mol. The summed E-state index contributed by atoms with van der Waals surface area (Å²) in [4.78, 5) is 48.4. The van der Waals surface area contributed by atoms with Crippen molar-refractivity contribution in [3.8, 4) is 5.75 Å². The van der Waals surface area contributed by atoms with Crippen LogP contribution in [0.25, 0.3) is 0 Å². The van der Waals surface area contributed by atoms with Crippen LogP contribution in [0.4, 0.5) is 5.69 Å². The summed E-state index contributed by atoms with van der Waals surface area (Å²) in [6, 6.07) is 2.84. The van der Waals surface area contributed by atoms with Crippen LogP contribution in [0.5, 0.6) is 5.75 Å². The molecule has 1 saturated carbocycles. The number of nitro benzene ring substituents is 1. The summed E-state index contributed by atoms with van der Waals surface area (Å²) in [5.74, 6) is -4.64. The normalized spacial score (nSPS) is 22.4. The number of rotatable bonds is 5. The summed E-state index contributed by atoms with van der Waals surface area (Å²) in [5.41, 5.74) is -2.10. The lowest BCUT2D eigenvalue weighted by atomic mass is 9.64. The minimum absolute atomic E-state index is 0.289. The van der Waals surface area contributed by atoms with E-state index in [1.807, 2.05) is 0 Å². The molecule has 0 amide bonds. The van der Waals surface area contributed by atoms with Crippen molar-refractivity contribution >= 4 is 33.2 Å². The number of nitro groups is 1. The van der Waals surface area contributed by atoms with Crippen LogP contribution >= 0.6 is 0 Å². The Morgan fingerprint density at radius 2 is 1.89 bits per heavy atom. The molecule has 1 fully saturated rings. The van der Waals surface area contributed by atoms with Crippen LogP contribution in [0, 0.1) is 27.4 Å². The molecule has 0 radical (unpaired) electrons. The summed E-state index contributed by atoms with van der Waals surface area (Å²) in [6.45, 7) is 4.85. The topological polar surface area (TPSA) is 138 Å². The summed E-state index contributed by atoms with van der Waals surface area (Å²) in [7, 11) is -3.93. The molecule has 0 aromatic heterocycles.